The summed E-state index contributed by atoms with van der Waals surface area (Å²) in [6.45, 7) is 0.328. The third kappa shape index (κ3) is 5.00. The molecule has 0 aromatic heterocycles. The second-order valence-electron chi connectivity index (χ2n) is 4.96. The van der Waals surface area contributed by atoms with E-state index in [9.17, 15) is 13.2 Å². The Labute approximate surface area is 135 Å². The highest BCUT2D eigenvalue weighted by molar-refractivity contribution is 7.90. The molecule has 0 radical (unpaired) electrons. The van der Waals surface area contributed by atoms with E-state index in [0.717, 1.165) is 11.8 Å². The minimum Gasteiger partial charge on any atom is -0.497 e. The zero-order valence-electron chi connectivity index (χ0n) is 12.9. The van der Waals surface area contributed by atoms with E-state index in [-0.39, 0.29) is 4.90 Å². The summed E-state index contributed by atoms with van der Waals surface area (Å²) in [5.74, 6) is 0.713. The largest absolute Gasteiger partial charge is 0.497 e. The number of urea groups is 1. The molecular weight excluding hydrogens is 316 g/mol. The number of ether oxygens (including phenoxy) is 1. The Bertz CT molecular complexity index is 803. The molecule has 122 valence electrons. The topological polar surface area (TPSA) is 84.5 Å². The van der Waals surface area contributed by atoms with Gasteiger partial charge < -0.3 is 15.4 Å². The second-order valence-corrected chi connectivity index (χ2v) is 6.97. The number of carbonyl (C=O) groups is 1. The van der Waals surface area contributed by atoms with Gasteiger partial charge in [-0.05, 0) is 35.9 Å². The Balaban J connectivity index is 1.97. The van der Waals surface area contributed by atoms with Gasteiger partial charge in [0.15, 0.2) is 9.84 Å². The molecule has 0 unspecified atom stereocenters. The van der Waals surface area contributed by atoms with Crippen LogP contribution in [0.2, 0.25) is 0 Å². The van der Waals surface area contributed by atoms with Gasteiger partial charge in [-0.3, -0.25) is 0 Å². The normalized spacial score (nSPS) is 10.9. The first-order chi connectivity index (χ1) is 10.9. The summed E-state index contributed by atoms with van der Waals surface area (Å²) >= 11 is 0. The number of anilines is 1. The minimum absolute atomic E-state index is 0.156. The highest BCUT2D eigenvalue weighted by atomic mass is 32.2. The number of amides is 2. The smallest absolute Gasteiger partial charge is 0.319 e. The number of carbonyl (C=O) groups excluding carboxylic acids is 1. The number of hydrogen-bond acceptors (Lipinski definition) is 4. The number of sulfone groups is 1. The van der Waals surface area contributed by atoms with Crippen molar-refractivity contribution in [2.75, 3.05) is 18.7 Å². The Kier molecular flexibility index (Phi) is 5.23. The molecule has 0 aliphatic heterocycles. The minimum atomic E-state index is -3.31. The van der Waals surface area contributed by atoms with Crippen molar-refractivity contribution in [3.05, 3.63) is 54.1 Å². The van der Waals surface area contributed by atoms with Crippen molar-refractivity contribution in [2.24, 2.45) is 0 Å². The first-order valence-corrected chi connectivity index (χ1v) is 8.75. The molecule has 0 heterocycles. The van der Waals surface area contributed by atoms with Gasteiger partial charge in [-0.15, -0.1) is 0 Å². The van der Waals surface area contributed by atoms with Crippen LogP contribution in [0.15, 0.2) is 53.4 Å². The van der Waals surface area contributed by atoms with Crippen LogP contribution in [0.4, 0.5) is 10.5 Å². The maximum atomic E-state index is 11.9. The molecule has 0 aliphatic carbocycles. The molecule has 7 heteroatoms. The van der Waals surface area contributed by atoms with Crippen molar-refractivity contribution in [2.45, 2.75) is 11.4 Å². The Morgan fingerprint density at radius 3 is 2.57 bits per heavy atom. The van der Waals surface area contributed by atoms with Crippen LogP contribution in [0.25, 0.3) is 0 Å². The number of benzene rings is 2. The number of hydrogen-bond donors (Lipinski definition) is 2. The average Bonchev–Trinajstić information content (AvgIpc) is 2.52. The Hall–Kier alpha value is -2.54. The molecular formula is C16H18N2O4S. The molecule has 0 bridgehead atoms. The third-order valence-electron chi connectivity index (χ3n) is 3.11. The fourth-order valence-corrected chi connectivity index (χ4v) is 2.61. The van der Waals surface area contributed by atoms with Gasteiger partial charge in [-0.1, -0.05) is 18.2 Å². The maximum absolute atomic E-state index is 11.9. The molecule has 0 atom stereocenters. The molecule has 2 amide bonds. The van der Waals surface area contributed by atoms with Gasteiger partial charge in [0, 0.05) is 18.5 Å². The van der Waals surface area contributed by atoms with E-state index >= 15 is 0 Å². The number of rotatable bonds is 5. The van der Waals surface area contributed by atoms with Crippen LogP contribution in [0.1, 0.15) is 5.56 Å². The molecule has 0 saturated heterocycles. The van der Waals surface area contributed by atoms with Gasteiger partial charge in [-0.2, -0.15) is 0 Å². The van der Waals surface area contributed by atoms with Crippen LogP contribution in [0.5, 0.6) is 5.75 Å². The summed E-state index contributed by atoms with van der Waals surface area (Å²) < 4.78 is 28.1. The fourth-order valence-electron chi connectivity index (χ4n) is 1.94. The van der Waals surface area contributed by atoms with Crippen molar-refractivity contribution < 1.29 is 17.9 Å². The molecule has 23 heavy (non-hydrogen) atoms. The number of methoxy groups -OCH3 is 1. The quantitative estimate of drug-likeness (QED) is 0.879. The van der Waals surface area contributed by atoms with E-state index in [2.05, 4.69) is 10.6 Å². The lowest BCUT2D eigenvalue weighted by atomic mass is 10.2. The van der Waals surface area contributed by atoms with Crippen LogP contribution in [-0.4, -0.2) is 27.8 Å². The van der Waals surface area contributed by atoms with Crippen molar-refractivity contribution in [1.29, 1.82) is 0 Å². The Morgan fingerprint density at radius 2 is 1.87 bits per heavy atom. The summed E-state index contributed by atoms with van der Waals surface area (Å²) in [7, 11) is -1.73. The number of nitrogens with one attached hydrogen (secondary N) is 2. The lowest BCUT2D eigenvalue weighted by Gasteiger charge is -2.09. The Morgan fingerprint density at radius 1 is 1.13 bits per heavy atom. The summed E-state index contributed by atoms with van der Waals surface area (Å²) in [5.41, 5.74) is 1.31. The highest BCUT2D eigenvalue weighted by Gasteiger charge is 2.09. The van der Waals surface area contributed by atoms with Gasteiger partial charge in [0.2, 0.25) is 0 Å². The zero-order valence-corrected chi connectivity index (χ0v) is 13.7. The molecule has 2 N–H and O–H groups in total. The van der Waals surface area contributed by atoms with Gasteiger partial charge in [0.25, 0.3) is 0 Å². The highest BCUT2D eigenvalue weighted by Crippen LogP contribution is 2.15. The first kappa shape index (κ1) is 16.8. The predicted octanol–water partition coefficient (Wildman–Crippen LogP) is 2.42. The molecule has 2 aromatic carbocycles. The van der Waals surface area contributed by atoms with Crippen LogP contribution in [-0.2, 0) is 16.4 Å². The molecule has 6 nitrogen and oxygen atoms in total. The van der Waals surface area contributed by atoms with E-state index in [4.69, 9.17) is 4.74 Å². The third-order valence-corrected chi connectivity index (χ3v) is 4.22. The van der Waals surface area contributed by atoms with Gasteiger partial charge >= 0.3 is 6.03 Å². The van der Waals surface area contributed by atoms with Gasteiger partial charge in [-0.25, -0.2) is 13.2 Å². The van der Waals surface area contributed by atoms with Crippen LogP contribution in [0, 0.1) is 0 Å². The van der Waals surface area contributed by atoms with Gasteiger partial charge in [0.05, 0.1) is 12.0 Å². The molecule has 0 spiro atoms. The average molecular weight is 334 g/mol. The molecule has 0 saturated carbocycles. The van der Waals surface area contributed by atoms with E-state index < -0.39 is 15.9 Å². The van der Waals surface area contributed by atoms with E-state index in [0.29, 0.717) is 18.0 Å². The monoisotopic (exact) mass is 334 g/mol. The van der Waals surface area contributed by atoms with Crippen LogP contribution < -0.4 is 15.4 Å². The zero-order chi connectivity index (χ0) is 16.9. The van der Waals surface area contributed by atoms with Crippen molar-refractivity contribution in [1.82, 2.24) is 5.32 Å². The van der Waals surface area contributed by atoms with E-state index in [1.54, 1.807) is 19.2 Å². The van der Waals surface area contributed by atoms with E-state index in [1.165, 1.54) is 12.1 Å². The van der Waals surface area contributed by atoms with Crippen molar-refractivity contribution in [3.8, 4) is 5.75 Å². The van der Waals surface area contributed by atoms with Crippen molar-refractivity contribution >= 4 is 21.6 Å². The van der Waals surface area contributed by atoms with Crippen LogP contribution >= 0.6 is 0 Å². The molecule has 0 aliphatic rings. The van der Waals surface area contributed by atoms with Crippen LogP contribution in [0.3, 0.4) is 0 Å². The first-order valence-electron chi connectivity index (χ1n) is 6.86. The van der Waals surface area contributed by atoms with Gasteiger partial charge in [0.1, 0.15) is 5.75 Å². The predicted molar refractivity (Wildman–Crippen MR) is 88.4 cm³/mol. The van der Waals surface area contributed by atoms with Crippen molar-refractivity contribution in [3.63, 3.8) is 0 Å². The fraction of sp³-hybridized carbons (Fsp3) is 0.188. The SMILES string of the molecule is COc1cccc(CNC(=O)Nc2cccc(S(C)(=O)=O)c2)c1. The lowest BCUT2D eigenvalue weighted by Crippen LogP contribution is -2.28. The summed E-state index contributed by atoms with van der Waals surface area (Å²) in [6, 6.07) is 13.0. The molecule has 2 aromatic rings. The standard InChI is InChI=1S/C16H18N2O4S/c1-22-14-7-3-5-12(9-14)11-17-16(19)18-13-6-4-8-15(10-13)23(2,20)21/h3-10H,11H2,1-2H3,(H2,17,18,19). The summed E-state index contributed by atoms with van der Waals surface area (Å²) in [5, 5.41) is 5.31. The molecule has 2 rings (SSSR count). The maximum Gasteiger partial charge on any atom is 0.319 e. The summed E-state index contributed by atoms with van der Waals surface area (Å²) in [4.78, 5) is 12.1. The lowest BCUT2D eigenvalue weighted by molar-refractivity contribution is 0.251. The molecule has 0 fully saturated rings. The summed E-state index contributed by atoms with van der Waals surface area (Å²) in [6.07, 6.45) is 1.12. The van der Waals surface area contributed by atoms with E-state index in [1.807, 2.05) is 24.3 Å². The second kappa shape index (κ2) is 7.15.